The first kappa shape index (κ1) is 12.4. The Labute approximate surface area is 89.0 Å². The van der Waals surface area contributed by atoms with Gasteiger partial charge in [0.25, 0.3) is 0 Å². The van der Waals surface area contributed by atoms with E-state index in [0.29, 0.717) is 19.6 Å². The summed E-state index contributed by atoms with van der Waals surface area (Å²) in [5.41, 5.74) is 0. The van der Waals surface area contributed by atoms with Crippen LogP contribution < -0.4 is 0 Å². The molecule has 2 atom stereocenters. The quantitative estimate of drug-likeness (QED) is 0.716. The van der Waals surface area contributed by atoms with Crippen molar-refractivity contribution in [2.75, 3.05) is 33.0 Å². The van der Waals surface area contributed by atoms with Gasteiger partial charge in [0.05, 0.1) is 25.8 Å². The van der Waals surface area contributed by atoms with E-state index in [0.717, 1.165) is 6.54 Å². The highest BCUT2D eigenvalue weighted by atomic mass is 19.1. The minimum Gasteiger partial charge on any atom is -0.481 e. The van der Waals surface area contributed by atoms with Crippen molar-refractivity contribution in [3.05, 3.63) is 0 Å². The predicted molar refractivity (Wildman–Crippen MR) is 53.6 cm³/mol. The topological polar surface area (TPSA) is 49.8 Å². The summed E-state index contributed by atoms with van der Waals surface area (Å²) < 4.78 is 17.2. The third-order valence-corrected chi connectivity index (χ3v) is 2.82. The molecule has 15 heavy (non-hydrogen) atoms. The smallest absolute Gasteiger partial charge is 0.310 e. The molecule has 1 fully saturated rings. The summed E-state index contributed by atoms with van der Waals surface area (Å²) in [7, 11) is 0. The fraction of sp³-hybridized carbons (Fsp3) is 0.900. The summed E-state index contributed by atoms with van der Waals surface area (Å²) in [6.45, 7) is 3.64. The van der Waals surface area contributed by atoms with Crippen LogP contribution in [0.2, 0.25) is 0 Å². The van der Waals surface area contributed by atoms with Gasteiger partial charge >= 0.3 is 5.97 Å². The number of rotatable bonds is 6. The molecular weight excluding hydrogens is 201 g/mol. The van der Waals surface area contributed by atoms with E-state index >= 15 is 0 Å². The molecule has 1 rings (SSSR count). The van der Waals surface area contributed by atoms with Crippen molar-refractivity contribution in [1.29, 1.82) is 0 Å². The van der Waals surface area contributed by atoms with Gasteiger partial charge < -0.3 is 9.84 Å². The van der Waals surface area contributed by atoms with Gasteiger partial charge in [0, 0.05) is 12.6 Å². The van der Waals surface area contributed by atoms with E-state index in [1.165, 1.54) is 0 Å². The molecule has 4 nitrogen and oxygen atoms in total. The zero-order valence-electron chi connectivity index (χ0n) is 8.99. The van der Waals surface area contributed by atoms with Crippen molar-refractivity contribution < 1.29 is 19.0 Å². The number of carboxylic acids is 1. The summed E-state index contributed by atoms with van der Waals surface area (Å²) in [6.07, 6.45) is 0.455. The number of hydrogen-bond donors (Lipinski definition) is 1. The summed E-state index contributed by atoms with van der Waals surface area (Å²) in [5, 5.41) is 8.97. The Morgan fingerprint density at radius 3 is 2.87 bits per heavy atom. The van der Waals surface area contributed by atoms with Crippen molar-refractivity contribution in [3.63, 3.8) is 0 Å². The number of likely N-dealkylation sites (N-methyl/N-ethyl adjacent to an activating group) is 1. The normalized spacial score (nSPS) is 26.1. The highest BCUT2D eigenvalue weighted by molar-refractivity contribution is 5.71. The lowest BCUT2D eigenvalue weighted by atomic mass is 10.0. The molecule has 0 amide bonds. The average Bonchev–Trinajstić information content (AvgIpc) is 2.68. The molecule has 1 aliphatic rings. The number of carbonyl (C=O) groups is 1. The fourth-order valence-corrected chi connectivity index (χ4v) is 1.96. The Morgan fingerprint density at radius 1 is 1.60 bits per heavy atom. The third kappa shape index (κ3) is 3.14. The number of hydrogen-bond acceptors (Lipinski definition) is 3. The molecule has 5 heteroatoms. The molecule has 1 heterocycles. The monoisotopic (exact) mass is 219 g/mol. The average molecular weight is 219 g/mol. The van der Waals surface area contributed by atoms with Crippen molar-refractivity contribution in [2.45, 2.75) is 19.4 Å². The number of nitrogens with zero attached hydrogens (tertiary/aromatic N) is 1. The maximum atomic E-state index is 12.1. The van der Waals surface area contributed by atoms with Crippen LogP contribution in [-0.4, -0.2) is 55.0 Å². The molecule has 0 aromatic rings. The van der Waals surface area contributed by atoms with Crippen LogP contribution in [0.1, 0.15) is 13.3 Å². The van der Waals surface area contributed by atoms with Crippen LogP contribution >= 0.6 is 0 Å². The van der Waals surface area contributed by atoms with Gasteiger partial charge in [0.1, 0.15) is 0 Å². The summed E-state index contributed by atoms with van der Waals surface area (Å²) in [6, 6.07) is -0.0981. The lowest BCUT2D eigenvalue weighted by Gasteiger charge is -2.28. The maximum absolute atomic E-state index is 12.1. The van der Waals surface area contributed by atoms with Crippen LogP contribution in [-0.2, 0) is 9.53 Å². The Hall–Kier alpha value is -0.680. The number of aliphatic carboxylic acids is 1. The fourth-order valence-electron chi connectivity index (χ4n) is 1.96. The number of ether oxygens (including phenoxy) is 1. The predicted octanol–water partition coefficient (Wildman–Crippen LogP) is 0.767. The Morgan fingerprint density at radius 2 is 2.33 bits per heavy atom. The second-order valence-electron chi connectivity index (χ2n) is 3.72. The maximum Gasteiger partial charge on any atom is 0.310 e. The van der Waals surface area contributed by atoms with E-state index in [9.17, 15) is 9.18 Å². The van der Waals surface area contributed by atoms with Crippen molar-refractivity contribution in [2.24, 2.45) is 5.92 Å². The van der Waals surface area contributed by atoms with E-state index in [2.05, 4.69) is 0 Å². The van der Waals surface area contributed by atoms with E-state index in [-0.39, 0.29) is 19.3 Å². The summed E-state index contributed by atoms with van der Waals surface area (Å²) in [4.78, 5) is 12.9. The lowest BCUT2D eigenvalue weighted by Crippen LogP contribution is -2.43. The first-order valence-electron chi connectivity index (χ1n) is 5.31. The van der Waals surface area contributed by atoms with Crippen molar-refractivity contribution >= 4 is 5.97 Å². The van der Waals surface area contributed by atoms with Crippen LogP contribution in [0.15, 0.2) is 0 Å². The van der Waals surface area contributed by atoms with Crippen LogP contribution in [0.5, 0.6) is 0 Å². The lowest BCUT2D eigenvalue weighted by molar-refractivity contribution is -0.143. The van der Waals surface area contributed by atoms with Gasteiger partial charge in [-0.15, -0.1) is 0 Å². The number of halogens is 1. The zero-order valence-corrected chi connectivity index (χ0v) is 8.99. The van der Waals surface area contributed by atoms with E-state index in [1.807, 2.05) is 11.8 Å². The SMILES string of the molecule is CCN(CCCF)C1COCC1C(=O)O. The molecule has 0 aromatic carbocycles. The van der Waals surface area contributed by atoms with Gasteiger partial charge in [0.2, 0.25) is 0 Å². The van der Waals surface area contributed by atoms with Crippen LogP contribution in [0, 0.1) is 5.92 Å². The molecule has 0 spiro atoms. The number of alkyl halides is 1. The molecule has 0 bridgehead atoms. The molecule has 1 N–H and O–H groups in total. The Bertz CT molecular complexity index is 213. The van der Waals surface area contributed by atoms with Gasteiger partial charge in [-0.2, -0.15) is 0 Å². The minimum absolute atomic E-state index is 0.0981. The van der Waals surface area contributed by atoms with Gasteiger partial charge in [0.15, 0.2) is 0 Å². The van der Waals surface area contributed by atoms with Crippen LogP contribution in [0.3, 0.4) is 0 Å². The van der Waals surface area contributed by atoms with E-state index in [4.69, 9.17) is 9.84 Å². The van der Waals surface area contributed by atoms with E-state index in [1.54, 1.807) is 0 Å². The Kier molecular flexibility index (Phi) is 4.98. The molecule has 1 aliphatic heterocycles. The molecule has 0 radical (unpaired) electrons. The van der Waals surface area contributed by atoms with Crippen LogP contribution in [0.4, 0.5) is 4.39 Å². The van der Waals surface area contributed by atoms with Crippen LogP contribution in [0.25, 0.3) is 0 Å². The van der Waals surface area contributed by atoms with E-state index < -0.39 is 11.9 Å². The van der Waals surface area contributed by atoms with Gasteiger partial charge in [-0.3, -0.25) is 14.1 Å². The highest BCUT2D eigenvalue weighted by Crippen LogP contribution is 2.20. The number of carboxylic acid groups (broad SMARTS) is 1. The summed E-state index contributed by atoms with van der Waals surface area (Å²) >= 11 is 0. The summed E-state index contributed by atoms with van der Waals surface area (Å²) in [5.74, 6) is -1.29. The van der Waals surface area contributed by atoms with Gasteiger partial charge in [-0.05, 0) is 13.0 Å². The molecule has 0 aromatic heterocycles. The molecular formula is C10H18FNO3. The third-order valence-electron chi connectivity index (χ3n) is 2.82. The first-order chi connectivity index (χ1) is 7.20. The second kappa shape index (κ2) is 6.02. The first-order valence-corrected chi connectivity index (χ1v) is 5.31. The molecule has 2 unspecified atom stereocenters. The molecule has 88 valence electrons. The molecule has 0 saturated carbocycles. The zero-order chi connectivity index (χ0) is 11.3. The largest absolute Gasteiger partial charge is 0.481 e. The van der Waals surface area contributed by atoms with Gasteiger partial charge in [-0.1, -0.05) is 6.92 Å². The second-order valence-corrected chi connectivity index (χ2v) is 3.72. The highest BCUT2D eigenvalue weighted by Gasteiger charge is 2.37. The minimum atomic E-state index is -0.823. The van der Waals surface area contributed by atoms with Crippen molar-refractivity contribution in [3.8, 4) is 0 Å². The Balaban J connectivity index is 2.53. The molecule has 1 saturated heterocycles. The molecule has 0 aliphatic carbocycles. The standard InChI is InChI=1S/C10H18FNO3/c1-2-12(5-3-4-11)9-7-15-6-8(9)10(13)14/h8-9H,2-7H2,1H3,(H,13,14). The van der Waals surface area contributed by atoms with Gasteiger partial charge in [-0.25, -0.2) is 0 Å². The van der Waals surface area contributed by atoms with Crippen molar-refractivity contribution in [1.82, 2.24) is 4.90 Å².